The SMILES string of the molecule is CC(=O)OC(=O)N[C@@H](Cc1ccc(C2CC(=O)NS2(O)O)c(C)c1)c1nc2ccccc2[nH]1. The molecule has 3 aromatic rings. The van der Waals surface area contributed by atoms with E-state index in [0.717, 1.165) is 29.1 Å². The highest BCUT2D eigenvalue weighted by atomic mass is 32.3. The van der Waals surface area contributed by atoms with Crippen molar-refractivity contribution in [1.29, 1.82) is 0 Å². The molecule has 2 heterocycles. The number of hydrogen-bond donors (Lipinski definition) is 5. The molecule has 2 amide bonds. The molecule has 0 saturated carbocycles. The number of aryl methyl sites for hydroxylation is 1. The highest BCUT2D eigenvalue weighted by molar-refractivity contribution is 8.23. The molecule has 0 aliphatic carbocycles. The van der Waals surface area contributed by atoms with Gasteiger partial charge in [-0.3, -0.25) is 23.4 Å². The smallest absolute Gasteiger partial charge is 0.377 e. The van der Waals surface area contributed by atoms with Crippen LogP contribution in [-0.2, 0) is 20.7 Å². The number of amides is 2. The number of H-pyrrole nitrogens is 1. The zero-order valence-corrected chi connectivity index (χ0v) is 18.8. The molecule has 11 heteroatoms. The van der Waals surface area contributed by atoms with E-state index in [1.807, 2.05) is 37.3 Å². The Hall–Kier alpha value is -3.41. The Morgan fingerprint density at radius 1 is 1.27 bits per heavy atom. The fourth-order valence-electron chi connectivity index (χ4n) is 3.97. The van der Waals surface area contributed by atoms with E-state index in [9.17, 15) is 23.5 Å². The predicted octanol–water partition coefficient (Wildman–Crippen LogP) is 3.65. The summed E-state index contributed by atoms with van der Waals surface area (Å²) in [6.45, 7) is 2.97. The van der Waals surface area contributed by atoms with Gasteiger partial charge in [-0.25, -0.2) is 9.78 Å². The molecule has 10 nitrogen and oxygen atoms in total. The second kappa shape index (κ2) is 8.85. The van der Waals surface area contributed by atoms with Crippen LogP contribution >= 0.6 is 10.8 Å². The number of nitrogens with one attached hydrogen (secondary N) is 3. The van der Waals surface area contributed by atoms with Gasteiger partial charge in [0.25, 0.3) is 0 Å². The van der Waals surface area contributed by atoms with E-state index in [0.29, 0.717) is 17.8 Å². The van der Waals surface area contributed by atoms with Crippen LogP contribution < -0.4 is 10.0 Å². The van der Waals surface area contributed by atoms with Crippen LogP contribution in [0.3, 0.4) is 0 Å². The van der Waals surface area contributed by atoms with Crippen LogP contribution in [-0.4, -0.2) is 37.0 Å². The van der Waals surface area contributed by atoms with E-state index in [4.69, 9.17) is 0 Å². The lowest BCUT2D eigenvalue weighted by molar-refractivity contribution is -0.134. The number of rotatable bonds is 5. The highest BCUT2D eigenvalue weighted by Gasteiger charge is 2.38. The average Bonchev–Trinajstić information content (AvgIpc) is 3.26. The summed E-state index contributed by atoms with van der Waals surface area (Å²) in [4.78, 5) is 42.8. The van der Waals surface area contributed by atoms with Crippen molar-refractivity contribution in [2.75, 3.05) is 0 Å². The lowest BCUT2D eigenvalue weighted by atomic mass is 9.97. The minimum Gasteiger partial charge on any atom is -0.377 e. The predicted molar refractivity (Wildman–Crippen MR) is 122 cm³/mol. The van der Waals surface area contributed by atoms with Gasteiger partial charge in [0.05, 0.1) is 23.5 Å². The number of hydrogen-bond acceptors (Lipinski definition) is 7. The van der Waals surface area contributed by atoms with Crippen molar-refractivity contribution in [3.63, 3.8) is 0 Å². The van der Waals surface area contributed by atoms with E-state index in [-0.39, 0.29) is 6.42 Å². The first-order valence-corrected chi connectivity index (χ1v) is 11.8. The maximum Gasteiger partial charge on any atom is 0.415 e. The molecule has 33 heavy (non-hydrogen) atoms. The van der Waals surface area contributed by atoms with E-state index >= 15 is 0 Å². The van der Waals surface area contributed by atoms with Crippen molar-refractivity contribution in [2.45, 2.75) is 38.0 Å². The first-order valence-electron chi connectivity index (χ1n) is 10.2. The van der Waals surface area contributed by atoms with Gasteiger partial charge < -0.3 is 15.0 Å². The summed E-state index contributed by atoms with van der Waals surface area (Å²) in [5, 5.41) is 1.96. The number of imidazole rings is 1. The maximum absolute atomic E-state index is 12.2. The van der Waals surface area contributed by atoms with Gasteiger partial charge in [-0.05, 0) is 35.7 Å². The summed E-state index contributed by atoms with van der Waals surface area (Å²) in [6, 6.07) is 12.2. The van der Waals surface area contributed by atoms with Gasteiger partial charge in [0, 0.05) is 13.3 Å². The third kappa shape index (κ3) is 5.00. The zero-order valence-electron chi connectivity index (χ0n) is 18.0. The van der Waals surface area contributed by atoms with Gasteiger partial charge in [0.2, 0.25) is 5.91 Å². The Kier molecular flexibility index (Phi) is 6.11. The minimum atomic E-state index is -3.25. The number of nitrogens with zero attached hydrogens (tertiary/aromatic N) is 1. The molecule has 0 bridgehead atoms. The van der Waals surface area contributed by atoms with Crippen molar-refractivity contribution in [1.82, 2.24) is 20.0 Å². The molecule has 1 aromatic heterocycles. The molecule has 2 atom stereocenters. The van der Waals surface area contributed by atoms with Crippen LogP contribution in [0.2, 0.25) is 0 Å². The summed E-state index contributed by atoms with van der Waals surface area (Å²) >= 11 is 0. The lowest BCUT2D eigenvalue weighted by Gasteiger charge is -2.33. The summed E-state index contributed by atoms with van der Waals surface area (Å²) in [5.41, 5.74) is 3.81. The molecule has 0 radical (unpaired) electrons. The summed E-state index contributed by atoms with van der Waals surface area (Å²) in [5.74, 6) is -0.630. The molecular weight excluding hydrogens is 448 g/mol. The molecule has 1 unspecified atom stereocenters. The number of ether oxygens (including phenoxy) is 1. The van der Waals surface area contributed by atoms with E-state index in [2.05, 4.69) is 24.7 Å². The number of carbonyl (C=O) groups excluding carboxylic acids is 3. The Morgan fingerprint density at radius 2 is 2.03 bits per heavy atom. The zero-order chi connectivity index (χ0) is 23.8. The molecule has 5 N–H and O–H groups in total. The maximum atomic E-state index is 12.2. The van der Waals surface area contributed by atoms with Crippen LogP contribution in [0.15, 0.2) is 42.5 Å². The fourth-order valence-corrected chi connectivity index (χ4v) is 5.53. The highest BCUT2D eigenvalue weighted by Crippen LogP contribution is 2.56. The molecule has 1 aliphatic rings. The molecule has 4 rings (SSSR count). The van der Waals surface area contributed by atoms with Crippen molar-refractivity contribution in [2.24, 2.45) is 0 Å². The molecule has 1 fully saturated rings. The number of aromatic nitrogens is 2. The van der Waals surface area contributed by atoms with Crippen LogP contribution in [0.25, 0.3) is 11.0 Å². The number of fused-ring (bicyclic) bond motifs is 1. The van der Waals surface area contributed by atoms with E-state index in [1.165, 1.54) is 0 Å². The Balaban J connectivity index is 1.61. The largest absolute Gasteiger partial charge is 0.415 e. The first-order chi connectivity index (χ1) is 15.6. The van der Waals surface area contributed by atoms with E-state index < -0.39 is 40.0 Å². The van der Waals surface area contributed by atoms with Gasteiger partial charge in [0.15, 0.2) is 0 Å². The number of aromatic amines is 1. The first kappa shape index (κ1) is 22.8. The number of carbonyl (C=O) groups is 3. The van der Waals surface area contributed by atoms with Gasteiger partial charge >= 0.3 is 12.1 Å². The molecule has 0 spiro atoms. The topological polar surface area (TPSA) is 154 Å². The average molecular weight is 473 g/mol. The van der Waals surface area contributed by atoms with Gasteiger partial charge in [0.1, 0.15) is 11.1 Å². The molecule has 2 aromatic carbocycles. The molecule has 174 valence electrons. The quantitative estimate of drug-likeness (QED) is 0.280. The van der Waals surface area contributed by atoms with Crippen LogP contribution in [0, 0.1) is 6.92 Å². The molecule has 1 saturated heterocycles. The van der Waals surface area contributed by atoms with Crippen molar-refractivity contribution in [3.8, 4) is 0 Å². The van der Waals surface area contributed by atoms with Gasteiger partial charge in [-0.1, -0.05) is 30.3 Å². The minimum absolute atomic E-state index is 0.00255. The number of benzene rings is 2. The van der Waals surface area contributed by atoms with E-state index in [1.54, 1.807) is 12.1 Å². The lowest BCUT2D eigenvalue weighted by Crippen LogP contribution is -2.32. The van der Waals surface area contributed by atoms with Crippen LogP contribution in [0.5, 0.6) is 0 Å². The standard InChI is InChI=1S/C22H24N4O6S/c1-12-9-14(7-8-15(12)19-11-20(28)26-33(19,30)31)10-18(25-22(29)32-13(2)27)21-23-16-5-3-4-6-17(16)24-21/h3-9,18-19,30-31H,10-11H2,1-2H3,(H,23,24)(H,25,29)(H,26,28)/t18-,19?/m0/s1. The fraction of sp³-hybridized carbons (Fsp3) is 0.273. The summed E-state index contributed by atoms with van der Waals surface area (Å²) < 4.78 is 27.3. The Labute approximate surface area is 191 Å². The molecular formula is C22H24N4O6S. The monoisotopic (exact) mass is 472 g/mol. The summed E-state index contributed by atoms with van der Waals surface area (Å²) in [7, 11) is -3.25. The number of para-hydroxylation sites is 2. The Bertz CT molecular complexity index is 1210. The van der Waals surface area contributed by atoms with Crippen molar-refractivity contribution < 1.29 is 28.2 Å². The van der Waals surface area contributed by atoms with Crippen LogP contribution in [0.1, 0.15) is 47.2 Å². The Morgan fingerprint density at radius 3 is 2.67 bits per heavy atom. The second-order valence-corrected chi connectivity index (χ2v) is 9.88. The molecule has 1 aliphatic heterocycles. The number of esters is 1. The van der Waals surface area contributed by atoms with Crippen molar-refractivity contribution in [3.05, 3.63) is 65.0 Å². The summed E-state index contributed by atoms with van der Waals surface area (Å²) in [6.07, 6.45) is -0.556. The van der Waals surface area contributed by atoms with Crippen LogP contribution in [0.4, 0.5) is 4.79 Å². The number of alkyl carbamates (subject to hydrolysis) is 1. The van der Waals surface area contributed by atoms with Gasteiger partial charge in [-0.15, -0.1) is 10.8 Å². The van der Waals surface area contributed by atoms with Gasteiger partial charge in [-0.2, -0.15) is 0 Å². The third-order valence-electron chi connectivity index (χ3n) is 5.42. The second-order valence-electron chi connectivity index (χ2n) is 7.92. The van der Waals surface area contributed by atoms with Crippen molar-refractivity contribution >= 4 is 39.8 Å². The third-order valence-corrected chi connectivity index (χ3v) is 7.16. The normalized spacial score (nSPS) is 19.0.